The number of hydrogen-bond acceptors (Lipinski definition) is 21. The number of fused-ring (bicyclic) bond motifs is 3. The van der Waals surface area contributed by atoms with E-state index >= 15 is 0 Å². The van der Waals surface area contributed by atoms with Gasteiger partial charge < -0.3 is 43.7 Å². The second-order valence-corrected chi connectivity index (χ2v) is 20.0. The van der Waals surface area contributed by atoms with E-state index in [0.717, 1.165) is 0 Å². The van der Waals surface area contributed by atoms with Gasteiger partial charge in [-0.05, 0) is 84.9 Å². The summed E-state index contributed by atoms with van der Waals surface area (Å²) >= 11 is 12.5. The highest BCUT2D eigenvalue weighted by Crippen LogP contribution is 2.50. The predicted octanol–water partition coefficient (Wildman–Crippen LogP) is 9.18. The number of aliphatic hydroxyl groups excluding tert-OH is 2. The normalized spacial score (nSPS) is 22.4. The molecule has 3 N–H and O–H groups in total. The molecule has 6 atom stereocenters. The van der Waals surface area contributed by atoms with Crippen LogP contribution in [0, 0.1) is 30.3 Å². The Kier molecular flexibility index (Phi) is 15.4. The van der Waals surface area contributed by atoms with E-state index in [9.17, 15) is 45.7 Å². The van der Waals surface area contributed by atoms with Crippen molar-refractivity contribution in [1.29, 1.82) is 0 Å². The van der Waals surface area contributed by atoms with Crippen molar-refractivity contribution in [1.82, 2.24) is 15.0 Å². The molecule has 21 nitrogen and oxygen atoms in total. The molecular weight excluding hydrogens is 1010 g/mol. The molecule has 9 rings (SSSR count). The third kappa shape index (κ3) is 11.8. The van der Waals surface area contributed by atoms with Crippen LogP contribution in [0.1, 0.15) is 83.5 Å². The summed E-state index contributed by atoms with van der Waals surface area (Å²) in [5.41, 5.74) is -3.28. The fourth-order valence-corrected chi connectivity index (χ4v) is 8.49. The van der Waals surface area contributed by atoms with E-state index in [0.29, 0.717) is 66.3 Å². The Balaban J connectivity index is 0.000000160. The van der Waals surface area contributed by atoms with E-state index in [4.69, 9.17) is 28.4 Å². The quantitative estimate of drug-likeness (QED) is 0.0447. The van der Waals surface area contributed by atoms with E-state index in [1.807, 2.05) is 0 Å². The van der Waals surface area contributed by atoms with Crippen LogP contribution in [-0.4, -0.2) is 79.7 Å². The summed E-state index contributed by atoms with van der Waals surface area (Å²) in [5, 5.41) is 67.0. The maximum atomic E-state index is 11.1. The molecular formula is C49H50N6O15S3. The molecule has 6 unspecified atom stereocenters. The number of non-ortho nitro benzene ring substituents is 3. The third-order valence-corrected chi connectivity index (χ3v) is 13.0. The lowest BCUT2D eigenvalue weighted by molar-refractivity contribution is -0.385. The average molecular weight is 1060 g/mol. The molecule has 0 fully saturated rings. The largest absolute Gasteiger partial charge is 0.485 e. The Hall–Kier alpha value is -6.96. The number of ether oxygens (including phenoxy) is 6. The second-order valence-electron chi connectivity index (χ2n) is 18.6. The van der Waals surface area contributed by atoms with E-state index in [-0.39, 0.29) is 17.1 Å². The Morgan fingerprint density at radius 1 is 0.507 bits per heavy atom. The van der Waals surface area contributed by atoms with Crippen molar-refractivity contribution in [3.05, 3.63) is 157 Å². The molecule has 384 valence electrons. The van der Waals surface area contributed by atoms with Gasteiger partial charge in [-0.15, -0.1) is 37.9 Å². The van der Waals surface area contributed by atoms with Gasteiger partial charge >= 0.3 is 0 Å². The van der Waals surface area contributed by atoms with Gasteiger partial charge in [0.2, 0.25) is 0 Å². The summed E-state index contributed by atoms with van der Waals surface area (Å²) in [5.74, 6) is 2.68. The van der Waals surface area contributed by atoms with Crippen LogP contribution in [0.5, 0.6) is 34.5 Å². The van der Waals surface area contributed by atoms with Gasteiger partial charge in [0.15, 0.2) is 18.3 Å². The molecule has 3 aromatic carbocycles. The maximum absolute atomic E-state index is 11.1. The summed E-state index contributed by atoms with van der Waals surface area (Å²) in [6, 6.07) is 22.5. The minimum Gasteiger partial charge on any atom is -0.485 e. The summed E-state index contributed by atoms with van der Waals surface area (Å²) in [6.45, 7) is 12.0. The van der Waals surface area contributed by atoms with Crippen molar-refractivity contribution in [2.45, 2.75) is 116 Å². The van der Waals surface area contributed by atoms with Crippen molar-refractivity contribution < 1.29 is 58.5 Å². The highest BCUT2D eigenvalue weighted by atomic mass is 32.1. The number of thiol groups is 3. The maximum Gasteiger partial charge on any atom is 0.270 e. The van der Waals surface area contributed by atoms with E-state index in [2.05, 4.69) is 52.8 Å². The molecule has 3 aromatic heterocycles. The van der Waals surface area contributed by atoms with Gasteiger partial charge in [0.25, 0.3) is 17.1 Å². The van der Waals surface area contributed by atoms with Crippen LogP contribution < -0.4 is 28.4 Å². The minimum atomic E-state index is -1.45. The molecule has 0 amide bonds. The van der Waals surface area contributed by atoms with Crippen molar-refractivity contribution in [2.24, 2.45) is 0 Å². The number of aromatic nitrogens is 3. The predicted molar refractivity (Wildman–Crippen MR) is 271 cm³/mol. The summed E-state index contributed by atoms with van der Waals surface area (Å²) in [6.07, 6.45) is 0.0302. The molecule has 6 heterocycles. The number of rotatable bonds is 9. The van der Waals surface area contributed by atoms with Gasteiger partial charge in [0.1, 0.15) is 69.1 Å². The lowest BCUT2D eigenvalue weighted by Crippen LogP contribution is -2.59. The minimum absolute atomic E-state index is 0.0949. The van der Waals surface area contributed by atoms with E-state index < -0.39 is 67.7 Å². The van der Waals surface area contributed by atoms with Gasteiger partial charge in [-0.25, -0.2) is 15.0 Å². The number of nitro groups is 3. The van der Waals surface area contributed by atoms with Gasteiger partial charge in [0.05, 0.1) is 29.8 Å². The molecule has 0 aliphatic carbocycles. The Morgan fingerprint density at radius 3 is 1.18 bits per heavy atom. The number of aliphatic hydroxyl groups is 3. The SMILES string of the molecule is CC1(C)Oc2ccc([N+](=O)[O-])cc2C(Oc2ccnc(S)c2)C1(C)O.CC1(C)Oc2ccc([N+](=O)[O-])cc2C(Oc2ccnc(S)c2)C1O.CC1(C)Oc2ccc([N+](=O)[O-])cc2C(Oc2ccnc(S)c2)C1O. The fraction of sp³-hybridized carbons (Fsp3) is 0.327. The highest BCUT2D eigenvalue weighted by Gasteiger charge is 2.55. The van der Waals surface area contributed by atoms with Crippen LogP contribution >= 0.6 is 37.9 Å². The zero-order chi connectivity index (χ0) is 53.4. The van der Waals surface area contributed by atoms with Gasteiger partial charge in [-0.1, -0.05) is 0 Å². The molecule has 6 aromatic rings. The van der Waals surface area contributed by atoms with E-state index in [1.54, 1.807) is 84.9 Å². The highest BCUT2D eigenvalue weighted by molar-refractivity contribution is 7.80. The molecule has 3 aliphatic heterocycles. The molecule has 0 radical (unpaired) electrons. The van der Waals surface area contributed by atoms with Crippen LogP contribution in [0.2, 0.25) is 0 Å². The number of nitrogens with zero attached hydrogens (tertiary/aromatic N) is 6. The third-order valence-electron chi connectivity index (χ3n) is 12.3. The zero-order valence-corrected chi connectivity index (χ0v) is 42.7. The first-order valence-electron chi connectivity index (χ1n) is 22.1. The summed E-state index contributed by atoms with van der Waals surface area (Å²) in [4.78, 5) is 43.7. The van der Waals surface area contributed by atoms with Crippen LogP contribution in [-0.2, 0) is 0 Å². The summed E-state index contributed by atoms with van der Waals surface area (Å²) in [7, 11) is 0. The van der Waals surface area contributed by atoms with Crippen molar-refractivity contribution >= 4 is 54.9 Å². The Bertz CT molecular complexity index is 2940. The van der Waals surface area contributed by atoms with Gasteiger partial charge in [-0.3, -0.25) is 30.3 Å². The monoisotopic (exact) mass is 1060 g/mol. The van der Waals surface area contributed by atoms with Crippen molar-refractivity contribution in [3.8, 4) is 34.5 Å². The first-order chi connectivity index (χ1) is 34.2. The topological polar surface area (TPSA) is 284 Å². The number of nitro benzene ring substituents is 3. The number of benzene rings is 3. The van der Waals surface area contributed by atoms with Crippen LogP contribution in [0.15, 0.2) is 125 Å². The Morgan fingerprint density at radius 2 is 0.836 bits per heavy atom. The van der Waals surface area contributed by atoms with Crippen LogP contribution in [0.4, 0.5) is 17.1 Å². The first kappa shape index (κ1) is 53.8. The molecule has 0 saturated heterocycles. The lowest BCUT2D eigenvalue weighted by Gasteiger charge is -2.48. The van der Waals surface area contributed by atoms with Gasteiger partial charge in [0, 0.05) is 89.9 Å². The van der Waals surface area contributed by atoms with E-state index in [1.165, 1.54) is 73.2 Å². The number of pyridine rings is 3. The summed E-state index contributed by atoms with van der Waals surface area (Å²) < 4.78 is 35.3. The zero-order valence-electron chi connectivity index (χ0n) is 40.0. The van der Waals surface area contributed by atoms with Crippen LogP contribution in [0.3, 0.4) is 0 Å². The first-order valence-corrected chi connectivity index (χ1v) is 23.5. The molecule has 0 bridgehead atoms. The smallest absolute Gasteiger partial charge is 0.270 e. The molecule has 73 heavy (non-hydrogen) atoms. The number of hydrogen-bond donors (Lipinski definition) is 6. The Labute approximate surface area is 434 Å². The lowest BCUT2D eigenvalue weighted by atomic mass is 9.77. The molecule has 0 spiro atoms. The fourth-order valence-electron chi connectivity index (χ4n) is 7.91. The average Bonchev–Trinajstić information content (AvgIpc) is 3.31. The molecule has 0 saturated carbocycles. The standard InChI is InChI=1S/C17H18N2O5S.2C16H16N2O5S/c1-16(2)17(3,20)15(23-11-6-7-18-14(25)9-11)12-8-10(19(21)22)4-5-13(12)24-16;2*1-16(2)15(19)14(22-10-5-6-17-13(24)8-10)11-7-9(18(20)21)3-4-12(11)23-16/h4-9,15,20H,1-3H3,(H,18,25);2*3-8,14-15,19H,1-2H3,(H,17,24). The van der Waals surface area contributed by atoms with Crippen molar-refractivity contribution in [3.63, 3.8) is 0 Å². The second kappa shape index (κ2) is 20.9. The van der Waals surface area contributed by atoms with Gasteiger partial charge in [-0.2, -0.15) is 0 Å². The van der Waals surface area contributed by atoms with Crippen molar-refractivity contribution in [2.75, 3.05) is 0 Å². The molecule has 3 aliphatic rings. The molecule has 24 heteroatoms. The van der Waals surface area contributed by atoms with Crippen LogP contribution in [0.25, 0.3) is 0 Å².